The predicted molar refractivity (Wildman–Crippen MR) is 51.8 cm³/mol. The molecule has 0 aliphatic rings. The molecule has 92 valence electrons. The number of ether oxygens (including phenoxy) is 1. The molecule has 0 saturated heterocycles. The molecule has 6 nitrogen and oxygen atoms in total. The molecule has 0 aliphatic carbocycles. The molecular weight excluding hydrogens is 256 g/mol. The van der Waals surface area contributed by atoms with E-state index in [1.54, 1.807) is 0 Å². The molecule has 2 N–H and O–H groups in total. The number of primary sulfonamides is 1. The Labute approximate surface area is 95.7 Å². The van der Waals surface area contributed by atoms with Crippen LogP contribution in [0.3, 0.4) is 0 Å². The maximum atomic E-state index is 12.6. The smallest absolute Gasteiger partial charge is 0.281 e. The van der Waals surface area contributed by atoms with Gasteiger partial charge in [-0.05, 0) is 0 Å². The minimum absolute atomic E-state index is 0.235. The minimum atomic E-state index is -4.50. The first-order valence-corrected chi connectivity index (χ1v) is 5.65. The maximum Gasteiger partial charge on any atom is 0.281 e. The third-order valence-electron chi connectivity index (χ3n) is 1.85. The average molecular weight is 263 g/mol. The molecule has 0 spiro atoms. The van der Waals surface area contributed by atoms with Crippen molar-refractivity contribution in [1.82, 2.24) is 4.98 Å². The number of pyridine rings is 1. The van der Waals surface area contributed by atoms with Gasteiger partial charge in [-0.1, -0.05) is 0 Å². The first kappa shape index (κ1) is 13.3. The SMILES string of the molecule is COc1cnc(C(F)F)c(S(N)(=O)=O)c1C#N. The summed E-state index contributed by atoms with van der Waals surface area (Å²) in [6, 6.07) is 1.46. The second-order valence-electron chi connectivity index (χ2n) is 2.87. The monoisotopic (exact) mass is 263 g/mol. The zero-order chi connectivity index (χ0) is 13.2. The van der Waals surface area contributed by atoms with E-state index in [1.165, 1.54) is 6.07 Å². The Kier molecular flexibility index (Phi) is 3.59. The highest BCUT2D eigenvalue weighted by Crippen LogP contribution is 2.31. The number of aromatic nitrogens is 1. The molecule has 1 aromatic rings. The molecule has 0 fully saturated rings. The van der Waals surface area contributed by atoms with Gasteiger partial charge in [-0.25, -0.2) is 27.3 Å². The number of nitrogens with zero attached hydrogens (tertiary/aromatic N) is 2. The first-order chi connectivity index (χ1) is 7.82. The minimum Gasteiger partial charge on any atom is -0.494 e. The summed E-state index contributed by atoms with van der Waals surface area (Å²) < 4.78 is 52.2. The Morgan fingerprint density at radius 2 is 2.18 bits per heavy atom. The van der Waals surface area contributed by atoms with E-state index in [9.17, 15) is 17.2 Å². The lowest BCUT2D eigenvalue weighted by Gasteiger charge is -2.10. The lowest BCUT2D eigenvalue weighted by atomic mass is 10.2. The molecule has 17 heavy (non-hydrogen) atoms. The van der Waals surface area contributed by atoms with Crippen LogP contribution in [0, 0.1) is 11.3 Å². The quantitative estimate of drug-likeness (QED) is 0.856. The van der Waals surface area contributed by atoms with Crippen molar-refractivity contribution in [3.63, 3.8) is 0 Å². The number of nitrogens with two attached hydrogens (primary N) is 1. The Hall–Kier alpha value is -1.79. The zero-order valence-corrected chi connectivity index (χ0v) is 9.33. The van der Waals surface area contributed by atoms with Crippen LogP contribution in [-0.4, -0.2) is 20.5 Å². The Morgan fingerprint density at radius 1 is 1.59 bits per heavy atom. The number of hydrogen-bond donors (Lipinski definition) is 1. The highest BCUT2D eigenvalue weighted by Gasteiger charge is 2.28. The lowest BCUT2D eigenvalue weighted by Crippen LogP contribution is -2.18. The van der Waals surface area contributed by atoms with Crippen LogP contribution in [0.25, 0.3) is 0 Å². The van der Waals surface area contributed by atoms with E-state index in [0.717, 1.165) is 13.3 Å². The van der Waals surface area contributed by atoms with Crippen LogP contribution >= 0.6 is 0 Å². The van der Waals surface area contributed by atoms with E-state index in [4.69, 9.17) is 10.4 Å². The van der Waals surface area contributed by atoms with E-state index in [1.807, 2.05) is 0 Å². The van der Waals surface area contributed by atoms with Crippen LogP contribution in [0.4, 0.5) is 8.78 Å². The van der Waals surface area contributed by atoms with Crippen LogP contribution in [0.15, 0.2) is 11.1 Å². The van der Waals surface area contributed by atoms with Crippen LogP contribution in [-0.2, 0) is 10.0 Å². The summed E-state index contributed by atoms with van der Waals surface area (Å²) in [7, 11) is -3.35. The number of methoxy groups -OCH3 is 1. The van der Waals surface area contributed by atoms with Gasteiger partial charge in [0, 0.05) is 0 Å². The second kappa shape index (κ2) is 4.60. The molecular formula is C8H7F2N3O3S. The van der Waals surface area contributed by atoms with Gasteiger partial charge < -0.3 is 4.74 Å². The number of sulfonamides is 1. The molecule has 0 amide bonds. The highest BCUT2D eigenvalue weighted by atomic mass is 32.2. The molecule has 1 rings (SSSR count). The van der Waals surface area contributed by atoms with Gasteiger partial charge in [-0.2, -0.15) is 5.26 Å². The largest absolute Gasteiger partial charge is 0.494 e. The van der Waals surface area contributed by atoms with Gasteiger partial charge in [0.2, 0.25) is 10.0 Å². The van der Waals surface area contributed by atoms with E-state index in [0.29, 0.717) is 0 Å². The summed E-state index contributed by atoms with van der Waals surface area (Å²) >= 11 is 0. The van der Waals surface area contributed by atoms with Crippen molar-refractivity contribution in [3.8, 4) is 11.8 Å². The Morgan fingerprint density at radius 3 is 2.53 bits per heavy atom. The zero-order valence-electron chi connectivity index (χ0n) is 8.52. The topological polar surface area (TPSA) is 106 Å². The Bertz CT molecular complexity index is 580. The van der Waals surface area contributed by atoms with E-state index < -0.39 is 32.6 Å². The summed E-state index contributed by atoms with van der Waals surface area (Å²) in [5, 5.41) is 13.6. The third kappa shape index (κ3) is 2.48. The Balaban J connectivity index is 3.77. The van der Waals surface area contributed by atoms with Gasteiger partial charge >= 0.3 is 0 Å². The molecule has 1 aromatic heterocycles. The molecule has 0 aliphatic heterocycles. The first-order valence-electron chi connectivity index (χ1n) is 4.10. The molecule has 0 radical (unpaired) electrons. The normalized spacial score (nSPS) is 11.3. The fourth-order valence-corrected chi connectivity index (χ4v) is 2.06. The summed E-state index contributed by atoms with van der Waals surface area (Å²) in [5.74, 6) is -0.235. The van der Waals surface area contributed by atoms with Crippen LogP contribution in [0.2, 0.25) is 0 Å². The van der Waals surface area contributed by atoms with Crippen molar-refractivity contribution in [2.75, 3.05) is 7.11 Å². The molecule has 0 unspecified atom stereocenters. The number of rotatable bonds is 3. The van der Waals surface area contributed by atoms with Gasteiger partial charge in [0.1, 0.15) is 22.2 Å². The summed E-state index contributed by atoms with van der Waals surface area (Å²) in [5.41, 5.74) is -1.65. The van der Waals surface area contributed by atoms with Crippen molar-refractivity contribution in [3.05, 3.63) is 17.5 Å². The van der Waals surface area contributed by atoms with Crippen molar-refractivity contribution in [2.45, 2.75) is 11.3 Å². The molecule has 9 heteroatoms. The van der Waals surface area contributed by atoms with Crippen LogP contribution < -0.4 is 9.88 Å². The third-order valence-corrected chi connectivity index (χ3v) is 2.83. The van der Waals surface area contributed by atoms with Gasteiger partial charge in [-0.3, -0.25) is 0 Å². The maximum absolute atomic E-state index is 12.6. The molecule has 0 aromatic carbocycles. The van der Waals surface area contributed by atoms with Crippen molar-refractivity contribution in [1.29, 1.82) is 5.26 Å². The van der Waals surface area contributed by atoms with E-state index in [-0.39, 0.29) is 5.75 Å². The van der Waals surface area contributed by atoms with Gasteiger partial charge in [0.05, 0.1) is 13.3 Å². The summed E-state index contributed by atoms with van der Waals surface area (Å²) in [6.07, 6.45) is -2.32. The van der Waals surface area contributed by atoms with E-state index >= 15 is 0 Å². The van der Waals surface area contributed by atoms with Crippen molar-refractivity contribution >= 4 is 10.0 Å². The highest BCUT2D eigenvalue weighted by molar-refractivity contribution is 7.89. The number of alkyl halides is 2. The molecule has 0 atom stereocenters. The van der Waals surface area contributed by atoms with Crippen LogP contribution in [0.5, 0.6) is 5.75 Å². The van der Waals surface area contributed by atoms with Crippen LogP contribution in [0.1, 0.15) is 17.7 Å². The number of nitriles is 1. The van der Waals surface area contributed by atoms with E-state index in [2.05, 4.69) is 9.72 Å². The van der Waals surface area contributed by atoms with Gasteiger partial charge in [0.25, 0.3) is 6.43 Å². The average Bonchev–Trinajstić information content (AvgIpc) is 2.25. The predicted octanol–water partition coefficient (Wildman–Crippen LogP) is 0.547. The van der Waals surface area contributed by atoms with Crippen molar-refractivity contribution in [2.24, 2.45) is 5.14 Å². The van der Waals surface area contributed by atoms with Crippen molar-refractivity contribution < 1.29 is 21.9 Å². The standard InChI is InChI=1S/C8H7F2N3O3S/c1-16-5-3-13-6(8(9)10)7(4(5)2-11)17(12,14)15/h3,8H,1H3,(H2,12,14,15). The number of hydrogen-bond acceptors (Lipinski definition) is 5. The summed E-state index contributed by atoms with van der Waals surface area (Å²) in [6.45, 7) is 0. The molecule has 0 bridgehead atoms. The fraction of sp³-hybridized carbons (Fsp3) is 0.250. The lowest BCUT2D eigenvalue weighted by molar-refractivity contribution is 0.142. The fourth-order valence-electron chi connectivity index (χ4n) is 1.20. The summed E-state index contributed by atoms with van der Waals surface area (Å²) in [4.78, 5) is 2.23. The molecule has 0 saturated carbocycles. The second-order valence-corrected chi connectivity index (χ2v) is 4.37. The molecule has 1 heterocycles. The van der Waals surface area contributed by atoms with Gasteiger partial charge in [0.15, 0.2) is 5.75 Å². The number of halogens is 2. The van der Waals surface area contributed by atoms with Gasteiger partial charge in [-0.15, -0.1) is 0 Å².